The molecule has 1 amide bonds. The Morgan fingerprint density at radius 2 is 1.95 bits per heavy atom. The number of phenols is 1. The molecule has 0 aliphatic rings. The van der Waals surface area contributed by atoms with Crippen LogP contribution in [0.1, 0.15) is 18.4 Å². The average Bonchev–Trinajstić information content (AvgIpc) is 2.49. The van der Waals surface area contributed by atoms with Gasteiger partial charge in [-0.1, -0.05) is 12.1 Å². The van der Waals surface area contributed by atoms with Crippen molar-refractivity contribution in [2.24, 2.45) is 11.5 Å². The maximum absolute atomic E-state index is 12.3. The van der Waals surface area contributed by atoms with Crippen LogP contribution in [-0.2, 0) is 11.2 Å². The molecule has 0 unspecified atom stereocenters. The first kappa shape index (κ1) is 17.4. The van der Waals surface area contributed by atoms with Gasteiger partial charge in [0.05, 0.1) is 18.7 Å². The van der Waals surface area contributed by atoms with Gasteiger partial charge in [0.25, 0.3) is 0 Å². The van der Waals surface area contributed by atoms with Crippen molar-refractivity contribution < 1.29 is 15.0 Å². The van der Waals surface area contributed by atoms with Crippen LogP contribution in [0, 0.1) is 0 Å². The van der Waals surface area contributed by atoms with Crippen molar-refractivity contribution in [3.05, 3.63) is 29.8 Å². The van der Waals surface area contributed by atoms with Crippen molar-refractivity contribution in [3.8, 4) is 5.75 Å². The first-order valence-corrected chi connectivity index (χ1v) is 7.10. The highest BCUT2D eigenvalue weighted by Crippen LogP contribution is 2.12. The fraction of sp³-hybridized carbons (Fsp3) is 0.533. The lowest BCUT2D eigenvalue weighted by Crippen LogP contribution is -2.48. The lowest BCUT2D eigenvalue weighted by Gasteiger charge is -2.29. The molecule has 0 aliphatic carbocycles. The number of aromatic hydroxyl groups is 1. The Labute approximate surface area is 125 Å². The molecule has 0 spiro atoms. The van der Waals surface area contributed by atoms with E-state index in [0.29, 0.717) is 19.4 Å². The zero-order valence-corrected chi connectivity index (χ0v) is 12.4. The Balaban J connectivity index is 2.61. The molecule has 0 fully saturated rings. The van der Waals surface area contributed by atoms with Crippen molar-refractivity contribution >= 4 is 5.91 Å². The molecular formula is C15H25N3O3. The van der Waals surface area contributed by atoms with Crippen LogP contribution in [0.3, 0.4) is 0 Å². The maximum atomic E-state index is 12.3. The zero-order valence-electron chi connectivity index (χ0n) is 12.4. The fourth-order valence-electron chi connectivity index (χ4n) is 2.18. The van der Waals surface area contributed by atoms with Gasteiger partial charge >= 0.3 is 0 Å². The van der Waals surface area contributed by atoms with E-state index in [9.17, 15) is 15.0 Å². The van der Waals surface area contributed by atoms with Gasteiger partial charge in [0, 0.05) is 7.05 Å². The molecule has 0 aromatic heterocycles. The lowest BCUT2D eigenvalue weighted by molar-refractivity contribution is -0.134. The molecule has 1 rings (SSSR count). The minimum Gasteiger partial charge on any atom is -0.508 e. The van der Waals surface area contributed by atoms with Crippen LogP contribution >= 0.6 is 0 Å². The number of carbonyl (C=O) groups is 1. The number of rotatable bonds is 8. The van der Waals surface area contributed by atoms with Crippen LogP contribution in [0.15, 0.2) is 24.3 Å². The summed E-state index contributed by atoms with van der Waals surface area (Å²) >= 11 is 0. The van der Waals surface area contributed by atoms with Crippen LogP contribution in [0.4, 0.5) is 0 Å². The number of nitrogens with zero attached hydrogens (tertiary/aromatic N) is 1. The second-order valence-corrected chi connectivity index (χ2v) is 5.19. The molecule has 0 bridgehead atoms. The highest BCUT2D eigenvalue weighted by molar-refractivity contribution is 5.82. The first-order valence-electron chi connectivity index (χ1n) is 7.10. The smallest absolute Gasteiger partial charge is 0.239 e. The van der Waals surface area contributed by atoms with Crippen molar-refractivity contribution in [2.45, 2.75) is 31.3 Å². The third kappa shape index (κ3) is 5.34. The van der Waals surface area contributed by atoms with E-state index >= 15 is 0 Å². The van der Waals surface area contributed by atoms with Gasteiger partial charge in [0.2, 0.25) is 5.91 Å². The highest BCUT2D eigenvalue weighted by Gasteiger charge is 2.24. The van der Waals surface area contributed by atoms with E-state index in [2.05, 4.69) is 0 Å². The molecule has 118 valence electrons. The van der Waals surface area contributed by atoms with E-state index in [-0.39, 0.29) is 24.3 Å². The Kier molecular flexibility index (Phi) is 7.14. The van der Waals surface area contributed by atoms with Crippen molar-refractivity contribution in [2.75, 3.05) is 20.2 Å². The van der Waals surface area contributed by atoms with Crippen LogP contribution in [0.5, 0.6) is 5.75 Å². The normalized spacial score (nSPS) is 13.7. The van der Waals surface area contributed by atoms with Gasteiger partial charge in [0.1, 0.15) is 5.75 Å². The highest BCUT2D eigenvalue weighted by atomic mass is 16.3. The molecule has 6 N–H and O–H groups in total. The largest absolute Gasteiger partial charge is 0.508 e. The van der Waals surface area contributed by atoms with Gasteiger partial charge in [-0.15, -0.1) is 0 Å². The maximum Gasteiger partial charge on any atom is 0.239 e. The Morgan fingerprint density at radius 1 is 1.33 bits per heavy atom. The molecule has 1 aromatic rings. The predicted octanol–water partition coefficient (Wildman–Crippen LogP) is -0.180. The van der Waals surface area contributed by atoms with E-state index in [1.165, 1.54) is 4.90 Å². The van der Waals surface area contributed by atoms with Crippen LogP contribution in [0.25, 0.3) is 0 Å². The average molecular weight is 295 g/mol. The molecule has 2 atom stereocenters. The quantitative estimate of drug-likeness (QED) is 0.531. The van der Waals surface area contributed by atoms with E-state index in [1.807, 2.05) is 0 Å². The summed E-state index contributed by atoms with van der Waals surface area (Å²) in [6.45, 7) is 0.423. The SMILES string of the molecule is CN(C(=O)[C@@H](N)Cc1ccc(O)cc1)[C@H](CO)CCCN. The summed E-state index contributed by atoms with van der Waals surface area (Å²) in [4.78, 5) is 13.8. The van der Waals surface area contributed by atoms with Gasteiger partial charge in [-0.3, -0.25) is 4.79 Å². The Hall–Kier alpha value is -1.63. The summed E-state index contributed by atoms with van der Waals surface area (Å²) in [5, 5.41) is 18.6. The first-order chi connectivity index (χ1) is 9.99. The van der Waals surface area contributed by atoms with Crippen LogP contribution in [0.2, 0.25) is 0 Å². The van der Waals surface area contributed by atoms with Gasteiger partial charge < -0.3 is 26.6 Å². The topological polar surface area (TPSA) is 113 Å². The predicted molar refractivity (Wildman–Crippen MR) is 81.7 cm³/mol. The number of amides is 1. The third-order valence-electron chi connectivity index (χ3n) is 3.56. The summed E-state index contributed by atoms with van der Waals surface area (Å²) in [6.07, 6.45) is 1.79. The number of phenolic OH excluding ortho intramolecular Hbond substituents is 1. The molecular weight excluding hydrogens is 270 g/mol. The molecule has 21 heavy (non-hydrogen) atoms. The van der Waals surface area contributed by atoms with E-state index in [0.717, 1.165) is 12.0 Å². The number of nitrogens with two attached hydrogens (primary N) is 2. The summed E-state index contributed by atoms with van der Waals surface area (Å²) in [6, 6.07) is 5.67. The van der Waals surface area contributed by atoms with E-state index in [1.54, 1.807) is 31.3 Å². The van der Waals surface area contributed by atoms with Crippen molar-refractivity contribution in [3.63, 3.8) is 0 Å². The number of hydrogen-bond donors (Lipinski definition) is 4. The number of likely N-dealkylation sites (N-methyl/N-ethyl adjacent to an activating group) is 1. The van der Waals surface area contributed by atoms with Crippen molar-refractivity contribution in [1.29, 1.82) is 0 Å². The molecule has 0 radical (unpaired) electrons. The van der Waals surface area contributed by atoms with Gasteiger partial charge in [-0.2, -0.15) is 0 Å². The summed E-state index contributed by atoms with van der Waals surface area (Å²) in [5.41, 5.74) is 12.3. The van der Waals surface area contributed by atoms with E-state index < -0.39 is 6.04 Å². The minimum absolute atomic E-state index is 0.103. The van der Waals surface area contributed by atoms with Gasteiger partial charge in [-0.05, 0) is 43.5 Å². The number of aliphatic hydroxyl groups excluding tert-OH is 1. The molecule has 0 heterocycles. The molecule has 6 nitrogen and oxygen atoms in total. The summed E-state index contributed by atoms with van der Waals surface area (Å²) in [7, 11) is 1.65. The second-order valence-electron chi connectivity index (χ2n) is 5.19. The van der Waals surface area contributed by atoms with Crippen molar-refractivity contribution in [1.82, 2.24) is 4.90 Å². The Bertz CT molecular complexity index is 436. The molecule has 1 aromatic carbocycles. The summed E-state index contributed by atoms with van der Waals surface area (Å²) < 4.78 is 0. The second kappa shape index (κ2) is 8.61. The third-order valence-corrected chi connectivity index (χ3v) is 3.56. The zero-order chi connectivity index (χ0) is 15.8. The molecule has 0 saturated carbocycles. The number of aliphatic hydroxyl groups is 1. The fourth-order valence-corrected chi connectivity index (χ4v) is 2.18. The molecule has 0 saturated heterocycles. The monoisotopic (exact) mass is 295 g/mol. The number of hydrogen-bond acceptors (Lipinski definition) is 5. The van der Waals surface area contributed by atoms with Crippen LogP contribution in [-0.4, -0.2) is 53.3 Å². The molecule has 0 aliphatic heterocycles. The van der Waals surface area contributed by atoms with Crippen LogP contribution < -0.4 is 11.5 Å². The minimum atomic E-state index is -0.675. The van der Waals surface area contributed by atoms with Gasteiger partial charge in [0.15, 0.2) is 0 Å². The number of benzene rings is 1. The van der Waals surface area contributed by atoms with E-state index in [4.69, 9.17) is 11.5 Å². The van der Waals surface area contributed by atoms with Gasteiger partial charge in [-0.25, -0.2) is 0 Å². The standard InChI is InChI=1S/C15H25N3O3/c1-18(12(10-19)3-2-8-16)15(21)14(17)9-11-4-6-13(20)7-5-11/h4-7,12,14,19-20H,2-3,8-10,16-17H2,1H3/t12-,14-/m0/s1. The number of carbonyl (C=O) groups excluding carboxylic acids is 1. The molecule has 6 heteroatoms. The lowest BCUT2D eigenvalue weighted by atomic mass is 10.0. The Morgan fingerprint density at radius 3 is 2.48 bits per heavy atom. The summed E-state index contributed by atoms with van der Waals surface area (Å²) in [5.74, 6) is -0.0305.